The lowest BCUT2D eigenvalue weighted by molar-refractivity contribution is 0.102. The lowest BCUT2D eigenvalue weighted by atomic mass is 10.2. The van der Waals surface area contributed by atoms with Crippen LogP contribution in [0.5, 0.6) is 5.75 Å². The number of aromatic nitrogens is 1. The molecule has 4 rings (SSSR count). The van der Waals surface area contributed by atoms with E-state index in [0.29, 0.717) is 16.6 Å². The van der Waals surface area contributed by atoms with E-state index in [0.717, 1.165) is 5.56 Å². The zero-order valence-corrected chi connectivity index (χ0v) is 19.3. The molecule has 7 nitrogen and oxygen atoms in total. The summed E-state index contributed by atoms with van der Waals surface area (Å²) >= 11 is 1.28. The van der Waals surface area contributed by atoms with Gasteiger partial charge in [-0.05, 0) is 35.9 Å². The zero-order valence-electron chi connectivity index (χ0n) is 17.7. The summed E-state index contributed by atoms with van der Waals surface area (Å²) in [4.78, 5) is 16.7. The highest BCUT2D eigenvalue weighted by Crippen LogP contribution is 2.34. The average molecular weight is 480 g/mol. The first-order chi connectivity index (χ1) is 16.0. The number of sulfonamides is 1. The van der Waals surface area contributed by atoms with E-state index in [2.05, 4.69) is 10.3 Å². The highest BCUT2D eigenvalue weighted by molar-refractivity contribution is 7.92. The summed E-state index contributed by atoms with van der Waals surface area (Å²) in [5.74, 6) is -0.0106. The molecule has 4 aromatic rings. The fourth-order valence-corrected chi connectivity index (χ4v) is 5.30. The number of amides is 1. The first-order valence-corrected chi connectivity index (χ1v) is 12.3. The van der Waals surface area contributed by atoms with Gasteiger partial charge in [-0.1, -0.05) is 48.5 Å². The van der Waals surface area contributed by atoms with Crippen molar-refractivity contribution in [3.63, 3.8) is 0 Å². The summed E-state index contributed by atoms with van der Waals surface area (Å²) in [5, 5.41) is 4.86. The van der Waals surface area contributed by atoms with Gasteiger partial charge in [0.1, 0.15) is 5.75 Å². The number of nitrogens with one attached hydrogen (secondary N) is 1. The van der Waals surface area contributed by atoms with Crippen molar-refractivity contribution in [2.75, 3.05) is 16.7 Å². The maximum Gasteiger partial charge on any atom is 0.264 e. The van der Waals surface area contributed by atoms with Gasteiger partial charge in [-0.3, -0.25) is 14.4 Å². The highest BCUT2D eigenvalue weighted by Gasteiger charge is 2.28. The predicted octanol–water partition coefficient (Wildman–Crippen LogP) is 4.80. The number of methoxy groups -OCH3 is 1. The van der Waals surface area contributed by atoms with Crippen LogP contribution in [0.2, 0.25) is 0 Å². The summed E-state index contributed by atoms with van der Waals surface area (Å²) in [6, 6.07) is 22.2. The Kier molecular flexibility index (Phi) is 6.71. The Morgan fingerprint density at radius 3 is 2.52 bits per heavy atom. The predicted molar refractivity (Wildman–Crippen MR) is 129 cm³/mol. The molecule has 0 aliphatic carbocycles. The van der Waals surface area contributed by atoms with Gasteiger partial charge in [0.2, 0.25) is 0 Å². The van der Waals surface area contributed by atoms with Crippen LogP contribution in [0.3, 0.4) is 0 Å². The molecule has 1 aromatic heterocycles. The molecule has 0 saturated heterocycles. The standard InChI is InChI=1S/C24H21N3O4S2/c1-31-22-13-6-5-12-21(22)27(17-18-8-3-2-4-9-18)33(29,30)20-11-7-10-19(16-20)23(28)26-24-25-14-15-32-24/h2-16H,17H2,1H3,(H,25,26,28). The van der Waals surface area contributed by atoms with E-state index in [9.17, 15) is 13.2 Å². The second-order valence-corrected chi connectivity index (χ2v) is 9.75. The van der Waals surface area contributed by atoms with Crippen LogP contribution in [-0.2, 0) is 16.6 Å². The zero-order chi connectivity index (χ0) is 23.3. The second kappa shape index (κ2) is 9.85. The molecule has 0 saturated carbocycles. The van der Waals surface area contributed by atoms with Crippen LogP contribution >= 0.6 is 11.3 Å². The van der Waals surface area contributed by atoms with Crippen molar-refractivity contribution in [3.05, 3.63) is 102 Å². The second-order valence-electron chi connectivity index (χ2n) is 6.99. The summed E-state index contributed by atoms with van der Waals surface area (Å²) in [7, 11) is -2.55. The van der Waals surface area contributed by atoms with Gasteiger partial charge in [-0.2, -0.15) is 0 Å². The highest BCUT2D eigenvalue weighted by atomic mass is 32.2. The van der Waals surface area contributed by atoms with Crippen LogP contribution < -0.4 is 14.4 Å². The third kappa shape index (κ3) is 5.05. The molecule has 9 heteroatoms. The quantitative estimate of drug-likeness (QED) is 0.392. The summed E-state index contributed by atoms with van der Waals surface area (Å²) in [5.41, 5.74) is 1.43. The van der Waals surface area contributed by atoms with E-state index in [1.807, 2.05) is 30.3 Å². The smallest absolute Gasteiger partial charge is 0.264 e. The lowest BCUT2D eigenvalue weighted by Gasteiger charge is -2.26. The Balaban J connectivity index is 1.74. The normalized spacial score (nSPS) is 11.1. The monoisotopic (exact) mass is 479 g/mol. The summed E-state index contributed by atoms with van der Waals surface area (Å²) in [6.45, 7) is 0.0963. The molecule has 0 radical (unpaired) electrons. The fourth-order valence-electron chi connectivity index (χ4n) is 3.26. The van der Waals surface area contributed by atoms with Crippen molar-refractivity contribution in [2.24, 2.45) is 0 Å². The van der Waals surface area contributed by atoms with Crippen molar-refractivity contribution >= 4 is 38.1 Å². The number of ether oxygens (including phenoxy) is 1. The molecular weight excluding hydrogens is 458 g/mol. The number of anilines is 2. The summed E-state index contributed by atoms with van der Waals surface area (Å²) < 4.78 is 34.4. The number of hydrogen-bond acceptors (Lipinski definition) is 6. The Hall–Kier alpha value is -3.69. The van der Waals surface area contributed by atoms with E-state index < -0.39 is 15.9 Å². The van der Waals surface area contributed by atoms with E-state index in [1.165, 1.54) is 34.9 Å². The molecule has 1 heterocycles. The molecule has 0 aliphatic heterocycles. The van der Waals surface area contributed by atoms with Crippen LogP contribution in [-0.4, -0.2) is 26.4 Å². The van der Waals surface area contributed by atoms with Crippen LogP contribution in [0, 0.1) is 0 Å². The molecule has 0 bridgehead atoms. The van der Waals surface area contributed by atoms with Crippen LogP contribution in [0.4, 0.5) is 10.8 Å². The summed E-state index contributed by atoms with van der Waals surface area (Å²) in [6.07, 6.45) is 1.58. The van der Waals surface area contributed by atoms with E-state index in [1.54, 1.807) is 48.0 Å². The molecule has 0 fully saturated rings. The molecule has 3 aromatic carbocycles. The molecule has 1 amide bonds. The van der Waals surface area contributed by atoms with Gasteiger partial charge in [0.05, 0.1) is 24.2 Å². The number of hydrogen-bond donors (Lipinski definition) is 1. The molecular formula is C24H21N3O4S2. The largest absolute Gasteiger partial charge is 0.495 e. The Bertz CT molecular complexity index is 1340. The SMILES string of the molecule is COc1ccccc1N(Cc1ccccc1)S(=O)(=O)c1cccc(C(=O)Nc2nccs2)c1. The Morgan fingerprint density at radius 1 is 1.03 bits per heavy atom. The first-order valence-electron chi connectivity index (χ1n) is 9.99. The van der Waals surface area contributed by atoms with Gasteiger partial charge >= 0.3 is 0 Å². The van der Waals surface area contributed by atoms with Crippen molar-refractivity contribution < 1.29 is 17.9 Å². The third-order valence-electron chi connectivity index (χ3n) is 4.86. The number of benzene rings is 3. The minimum Gasteiger partial charge on any atom is -0.495 e. The number of para-hydroxylation sites is 2. The maximum absolute atomic E-state index is 13.8. The van der Waals surface area contributed by atoms with Crippen LogP contribution in [0.25, 0.3) is 0 Å². The molecule has 0 unspecified atom stereocenters. The van der Waals surface area contributed by atoms with Crippen LogP contribution in [0.15, 0.2) is 95.3 Å². The number of carbonyl (C=O) groups excluding carboxylic acids is 1. The van der Waals surface area contributed by atoms with Crippen LogP contribution in [0.1, 0.15) is 15.9 Å². The minimum absolute atomic E-state index is 0.00359. The number of carbonyl (C=O) groups is 1. The maximum atomic E-state index is 13.8. The molecule has 0 aliphatic rings. The minimum atomic E-state index is -4.04. The van der Waals surface area contributed by atoms with Gasteiger partial charge in [0.15, 0.2) is 5.13 Å². The average Bonchev–Trinajstić information content (AvgIpc) is 3.36. The van der Waals surface area contributed by atoms with Crippen molar-refractivity contribution in [2.45, 2.75) is 11.4 Å². The molecule has 0 spiro atoms. The van der Waals surface area contributed by atoms with E-state index in [4.69, 9.17) is 4.74 Å². The van der Waals surface area contributed by atoms with E-state index >= 15 is 0 Å². The molecule has 168 valence electrons. The number of nitrogens with zero attached hydrogens (tertiary/aromatic N) is 2. The lowest BCUT2D eigenvalue weighted by Crippen LogP contribution is -2.31. The molecule has 1 N–H and O–H groups in total. The van der Waals surface area contributed by atoms with Crippen molar-refractivity contribution in [3.8, 4) is 5.75 Å². The number of thiazole rings is 1. The van der Waals surface area contributed by atoms with Gasteiger partial charge in [0.25, 0.3) is 15.9 Å². The van der Waals surface area contributed by atoms with Gasteiger partial charge in [0, 0.05) is 17.1 Å². The molecule has 33 heavy (non-hydrogen) atoms. The van der Waals surface area contributed by atoms with Crippen molar-refractivity contribution in [1.82, 2.24) is 4.98 Å². The van der Waals surface area contributed by atoms with Gasteiger partial charge in [-0.15, -0.1) is 11.3 Å². The van der Waals surface area contributed by atoms with Gasteiger partial charge < -0.3 is 4.74 Å². The first kappa shape index (κ1) is 22.5. The van der Waals surface area contributed by atoms with E-state index in [-0.39, 0.29) is 17.0 Å². The van der Waals surface area contributed by atoms with Crippen molar-refractivity contribution in [1.29, 1.82) is 0 Å². The number of rotatable bonds is 8. The third-order valence-corrected chi connectivity index (χ3v) is 7.30. The topological polar surface area (TPSA) is 88.6 Å². The Morgan fingerprint density at radius 2 is 1.79 bits per heavy atom. The fraction of sp³-hybridized carbons (Fsp3) is 0.0833. The molecule has 0 atom stereocenters. The van der Waals surface area contributed by atoms with Gasteiger partial charge in [-0.25, -0.2) is 13.4 Å². The Labute approximate surface area is 196 Å².